The Morgan fingerprint density at radius 1 is 1.15 bits per heavy atom. The van der Waals surface area contributed by atoms with Crippen molar-refractivity contribution in [3.05, 3.63) is 65.2 Å². The number of hydrogen-bond donors (Lipinski definition) is 1. The molecular formula is C21H23N3O2. The Balaban J connectivity index is 1.58. The van der Waals surface area contributed by atoms with Crippen LogP contribution in [-0.2, 0) is 11.2 Å². The second-order valence-electron chi connectivity index (χ2n) is 6.66. The van der Waals surface area contributed by atoms with Crippen molar-refractivity contribution in [3.63, 3.8) is 0 Å². The number of benzene rings is 2. The van der Waals surface area contributed by atoms with Crippen LogP contribution in [0.1, 0.15) is 22.7 Å². The zero-order chi connectivity index (χ0) is 18.5. The minimum atomic E-state index is -0.275. The van der Waals surface area contributed by atoms with Crippen molar-refractivity contribution >= 4 is 5.91 Å². The second-order valence-corrected chi connectivity index (χ2v) is 6.66. The normalized spacial score (nSPS) is 16.1. The fourth-order valence-electron chi connectivity index (χ4n) is 3.28. The molecule has 1 aliphatic heterocycles. The number of carbonyl (C=O) groups is 1. The molecule has 0 spiro atoms. The molecule has 0 bridgehead atoms. The fraction of sp³-hybridized carbons (Fsp3) is 0.333. The van der Waals surface area contributed by atoms with Crippen LogP contribution in [0, 0.1) is 18.3 Å². The number of phenols is 1. The molecule has 1 N–H and O–H groups in total. The lowest BCUT2D eigenvalue weighted by molar-refractivity contribution is -0.132. The molecule has 1 amide bonds. The number of nitrogens with zero attached hydrogens (tertiary/aromatic N) is 3. The summed E-state index contributed by atoms with van der Waals surface area (Å²) in [5.41, 5.74) is 2.61. The third-order valence-electron chi connectivity index (χ3n) is 4.90. The Morgan fingerprint density at radius 3 is 2.46 bits per heavy atom. The van der Waals surface area contributed by atoms with E-state index in [-0.39, 0.29) is 24.1 Å². The maximum absolute atomic E-state index is 12.5. The van der Waals surface area contributed by atoms with Crippen LogP contribution in [0.2, 0.25) is 0 Å². The average molecular weight is 349 g/mol. The minimum Gasteiger partial charge on any atom is -0.508 e. The van der Waals surface area contributed by atoms with Crippen molar-refractivity contribution in [2.24, 2.45) is 0 Å². The van der Waals surface area contributed by atoms with Gasteiger partial charge in [-0.25, -0.2) is 0 Å². The Bertz CT molecular complexity index is 806. The number of phenolic OH excluding ortho intramolecular Hbond substituents is 1. The van der Waals surface area contributed by atoms with E-state index in [1.807, 2.05) is 54.3 Å². The maximum atomic E-state index is 12.5. The Labute approximate surface area is 154 Å². The van der Waals surface area contributed by atoms with E-state index < -0.39 is 0 Å². The highest BCUT2D eigenvalue weighted by Crippen LogP contribution is 2.22. The van der Waals surface area contributed by atoms with E-state index in [1.165, 1.54) is 0 Å². The largest absolute Gasteiger partial charge is 0.508 e. The van der Waals surface area contributed by atoms with Crippen LogP contribution in [0.25, 0.3) is 0 Å². The predicted octanol–water partition coefficient (Wildman–Crippen LogP) is 2.65. The van der Waals surface area contributed by atoms with Crippen LogP contribution in [0.15, 0.2) is 48.5 Å². The van der Waals surface area contributed by atoms with Gasteiger partial charge in [0.25, 0.3) is 0 Å². The first-order chi connectivity index (χ1) is 12.6. The first kappa shape index (κ1) is 18.0. The molecule has 5 nitrogen and oxygen atoms in total. The van der Waals surface area contributed by atoms with Gasteiger partial charge >= 0.3 is 0 Å². The summed E-state index contributed by atoms with van der Waals surface area (Å²) < 4.78 is 0. The number of aromatic hydroxyl groups is 1. The summed E-state index contributed by atoms with van der Waals surface area (Å²) in [6, 6.07) is 17.2. The van der Waals surface area contributed by atoms with Crippen molar-refractivity contribution in [2.45, 2.75) is 19.4 Å². The molecule has 2 aromatic carbocycles. The molecule has 3 rings (SSSR count). The van der Waals surface area contributed by atoms with E-state index in [1.54, 1.807) is 6.07 Å². The number of nitriles is 1. The van der Waals surface area contributed by atoms with E-state index in [2.05, 4.69) is 11.0 Å². The van der Waals surface area contributed by atoms with Crippen molar-refractivity contribution < 1.29 is 9.90 Å². The molecule has 1 fully saturated rings. The number of carbonyl (C=O) groups excluding carboxylic acids is 1. The molecule has 0 aliphatic carbocycles. The van der Waals surface area contributed by atoms with Crippen LogP contribution >= 0.6 is 0 Å². The van der Waals surface area contributed by atoms with E-state index in [0.717, 1.165) is 16.7 Å². The first-order valence-electron chi connectivity index (χ1n) is 8.83. The van der Waals surface area contributed by atoms with Gasteiger partial charge in [0.15, 0.2) is 0 Å². The SMILES string of the molecule is Cc1ccc(CC(=O)N2CCN([C@@H](C#N)c3ccccc3)CC2)cc1O. The quantitative estimate of drug-likeness (QED) is 0.921. The zero-order valence-corrected chi connectivity index (χ0v) is 14.9. The van der Waals surface area contributed by atoms with Gasteiger partial charge in [-0.15, -0.1) is 0 Å². The summed E-state index contributed by atoms with van der Waals surface area (Å²) >= 11 is 0. The monoisotopic (exact) mass is 349 g/mol. The summed E-state index contributed by atoms with van der Waals surface area (Å²) in [5.74, 6) is 0.279. The predicted molar refractivity (Wildman–Crippen MR) is 99.5 cm³/mol. The van der Waals surface area contributed by atoms with Gasteiger partial charge in [-0.1, -0.05) is 42.5 Å². The van der Waals surface area contributed by atoms with Crippen LogP contribution in [0.4, 0.5) is 0 Å². The van der Waals surface area contributed by atoms with Crippen molar-refractivity contribution in [3.8, 4) is 11.8 Å². The molecule has 0 aromatic heterocycles. The number of rotatable bonds is 4. The molecular weight excluding hydrogens is 326 g/mol. The summed E-state index contributed by atoms with van der Waals surface area (Å²) in [4.78, 5) is 16.5. The number of aryl methyl sites for hydroxylation is 1. The van der Waals surface area contributed by atoms with Crippen molar-refractivity contribution in [1.82, 2.24) is 9.80 Å². The highest BCUT2D eigenvalue weighted by atomic mass is 16.3. The lowest BCUT2D eigenvalue weighted by atomic mass is 10.1. The molecule has 0 saturated carbocycles. The fourth-order valence-corrected chi connectivity index (χ4v) is 3.28. The van der Waals surface area contributed by atoms with Crippen LogP contribution in [0.5, 0.6) is 5.75 Å². The minimum absolute atomic E-state index is 0.0566. The Kier molecular flexibility index (Phi) is 5.55. The topological polar surface area (TPSA) is 67.6 Å². The van der Waals surface area contributed by atoms with E-state index in [4.69, 9.17) is 0 Å². The molecule has 2 aromatic rings. The molecule has 1 aliphatic rings. The maximum Gasteiger partial charge on any atom is 0.227 e. The van der Waals surface area contributed by atoms with Gasteiger partial charge in [-0.05, 0) is 29.7 Å². The molecule has 1 heterocycles. The Hall–Kier alpha value is -2.84. The Morgan fingerprint density at radius 2 is 1.85 bits per heavy atom. The van der Waals surface area contributed by atoms with Crippen molar-refractivity contribution in [2.75, 3.05) is 26.2 Å². The van der Waals surface area contributed by atoms with E-state index in [0.29, 0.717) is 26.2 Å². The van der Waals surface area contributed by atoms with E-state index in [9.17, 15) is 15.2 Å². The van der Waals surface area contributed by atoms with Crippen LogP contribution < -0.4 is 0 Å². The van der Waals surface area contributed by atoms with Crippen LogP contribution in [0.3, 0.4) is 0 Å². The molecule has 134 valence electrons. The van der Waals surface area contributed by atoms with Gasteiger partial charge < -0.3 is 10.0 Å². The summed E-state index contributed by atoms with van der Waals surface area (Å²) in [7, 11) is 0. The van der Waals surface area contributed by atoms with E-state index >= 15 is 0 Å². The third-order valence-corrected chi connectivity index (χ3v) is 4.90. The van der Waals surface area contributed by atoms with Gasteiger partial charge in [-0.2, -0.15) is 5.26 Å². The van der Waals surface area contributed by atoms with Crippen LogP contribution in [-0.4, -0.2) is 47.0 Å². The molecule has 1 atom stereocenters. The first-order valence-corrected chi connectivity index (χ1v) is 8.83. The smallest absolute Gasteiger partial charge is 0.227 e. The highest BCUT2D eigenvalue weighted by Gasteiger charge is 2.26. The van der Waals surface area contributed by atoms with Gasteiger partial charge in [-0.3, -0.25) is 9.69 Å². The third kappa shape index (κ3) is 4.04. The average Bonchev–Trinajstić information content (AvgIpc) is 2.67. The number of hydrogen-bond acceptors (Lipinski definition) is 4. The molecule has 0 radical (unpaired) electrons. The zero-order valence-electron chi connectivity index (χ0n) is 14.9. The number of amides is 1. The summed E-state index contributed by atoms with van der Waals surface area (Å²) in [6.45, 7) is 4.41. The molecule has 0 unspecified atom stereocenters. The lowest BCUT2D eigenvalue weighted by Gasteiger charge is -2.37. The van der Waals surface area contributed by atoms with Gasteiger partial charge in [0, 0.05) is 26.2 Å². The van der Waals surface area contributed by atoms with Gasteiger partial charge in [0.2, 0.25) is 5.91 Å². The lowest BCUT2D eigenvalue weighted by Crippen LogP contribution is -2.49. The molecule has 1 saturated heterocycles. The second kappa shape index (κ2) is 8.03. The van der Waals surface area contributed by atoms with Gasteiger partial charge in [0.1, 0.15) is 11.8 Å². The molecule has 5 heteroatoms. The highest BCUT2D eigenvalue weighted by molar-refractivity contribution is 5.79. The summed E-state index contributed by atoms with van der Waals surface area (Å²) in [6.07, 6.45) is 0.286. The van der Waals surface area contributed by atoms with Crippen molar-refractivity contribution in [1.29, 1.82) is 5.26 Å². The van der Waals surface area contributed by atoms with Gasteiger partial charge in [0.05, 0.1) is 12.5 Å². The number of piperazine rings is 1. The summed E-state index contributed by atoms with van der Waals surface area (Å²) in [5, 5.41) is 19.3. The standard InChI is InChI=1S/C21H23N3O2/c1-16-7-8-17(13-20(16)25)14-21(26)24-11-9-23(10-12-24)19(15-22)18-5-3-2-4-6-18/h2-8,13,19,25H,9-12,14H2,1H3/t19-/m0/s1. The molecule has 26 heavy (non-hydrogen) atoms.